The second-order valence-corrected chi connectivity index (χ2v) is 8.19. The molecule has 4 rings (SSSR count). The Labute approximate surface area is 183 Å². The van der Waals surface area contributed by atoms with E-state index in [9.17, 15) is 13.2 Å². The van der Waals surface area contributed by atoms with E-state index < -0.39 is 15.9 Å². The number of H-pyrrole nitrogens is 1. The fourth-order valence-electron chi connectivity index (χ4n) is 2.83. The average Bonchev–Trinajstić information content (AvgIpc) is 3.28. The Balaban J connectivity index is 1.46. The molecule has 0 atom stereocenters. The van der Waals surface area contributed by atoms with Crippen molar-refractivity contribution in [3.63, 3.8) is 0 Å². The van der Waals surface area contributed by atoms with Crippen molar-refractivity contribution in [1.29, 1.82) is 0 Å². The van der Waals surface area contributed by atoms with Crippen LogP contribution in [-0.2, 0) is 10.0 Å². The lowest BCUT2D eigenvalue weighted by Gasteiger charge is -2.11. The third kappa shape index (κ3) is 4.57. The van der Waals surface area contributed by atoms with Gasteiger partial charge in [-0.2, -0.15) is 4.98 Å². The minimum atomic E-state index is -3.87. The van der Waals surface area contributed by atoms with E-state index >= 15 is 0 Å². The van der Waals surface area contributed by atoms with Gasteiger partial charge < -0.3 is 4.74 Å². The first-order chi connectivity index (χ1) is 15.5. The van der Waals surface area contributed by atoms with Gasteiger partial charge in [-0.25, -0.2) is 8.42 Å². The molecule has 0 saturated carbocycles. The van der Waals surface area contributed by atoms with Gasteiger partial charge in [-0.3, -0.25) is 24.9 Å². The maximum absolute atomic E-state index is 12.7. The van der Waals surface area contributed by atoms with Crippen molar-refractivity contribution in [3.05, 3.63) is 78.5 Å². The van der Waals surface area contributed by atoms with Crippen molar-refractivity contribution in [3.8, 4) is 17.3 Å². The summed E-state index contributed by atoms with van der Waals surface area (Å²) in [4.78, 5) is 20.8. The summed E-state index contributed by atoms with van der Waals surface area (Å²) < 4.78 is 33.0. The Kier molecular flexibility index (Phi) is 5.81. The van der Waals surface area contributed by atoms with Crippen LogP contribution in [0.25, 0.3) is 11.5 Å². The second-order valence-electron chi connectivity index (χ2n) is 6.51. The number of rotatable bonds is 7. The van der Waals surface area contributed by atoms with Crippen molar-refractivity contribution in [1.82, 2.24) is 20.2 Å². The number of amides is 1. The van der Waals surface area contributed by atoms with Gasteiger partial charge in [-0.05, 0) is 48.5 Å². The third-order valence-corrected chi connectivity index (χ3v) is 5.78. The highest BCUT2D eigenvalue weighted by molar-refractivity contribution is 7.92. The predicted octanol–water partition coefficient (Wildman–Crippen LogP) is 2.93. The molecule has 0 saturated heterocycles. The topological polar surface area (TPSA) is 139 Å². The number of nitrogens with zero attached hydrogens (tertiary/aromatic N) is 3. The quantitative estimate of drug-likeness (QED) is 0.393. The van der Waals surface area contributed by atoms with Gasteiger partial charge in [0, 0.05) is 11.8 Å². The van der Waals surface area contributed by atoms with Crippen molar-refractivity contribution < 1.29 is 17.9 Å². The fourth-order valence-corrected chi connectivity index (χ4v) is 3.90. The number of hydrogen-bond donors (Lipinski definition) is 3. The Bertz CT molecular complexity index is 1340. The molecule has 3 N–H and O–H groups in total. The molecule has 10 nitrogen and oxygen atoms in total. The zero-order valence-corrected chi connectivity index (χ0v) is 17.6. The van der Waals surface area contributed by atoms with Crippen LogP contribution in [0, 0.1) is 0 Å². The van der Waals surface area contributed by atoms with Crippen LogP contribution >= 0.6 is 0 Å². The SMILES string of the molecule is COc1ccccc1NS(=O)(=O)c1ccc(C(=O)Nc2n[nH]c(-c3ccccn3)n2)cc1. The van der Waals surface area contributed by atoms with Gasteiger partial charge in [0.1, 0.15) is 11.4 Å². The van der Waals surface area contributed by atoms with Crippen LogP contribution < -0.4 is 14.8 Å². The maximum Gasteiger partial charge on any atom is 0.262 e. The number of anilines is 2. The summed E-state index contributed by atoms with van der Waals surface area (Å²) in [6.45, 7) is 0. The van der Waals surface area contributed by atoms with Crippen LogP contribution in [0.2, 0.25) is 0 Å². The molecule has 4 aromatic rings. The predicted molar refractivity (Wildman–Crippen MR) is 118 cm³/mol. The Morgan fingerprint density at radius 1 is 1.00 bits per heavy atom. The largest absolute Gasteiger partial charge is 0.495 e. The molecule has 0 bridgehead atoms. The number of aromatic amines is 1. The minimum Gasteiger partial charge on any atom is -0.495 e. The third-order valence-electron chi connectivity index (χ3n) is 4.40. The number of hydrogen-bond acceptors (Lipinski definition) is 7. The van der Waals surface area contributed by atoms with Gasteiger partial charge in [-0.15, -0.1) is 5.10 Å². The highest BCUT2D eigenvalue weighted by Crippen LogP contribution is 2.26. The molecule has 0 unspecified atom stereocenters. The molecular formula is C21H18N6O4S. The lowest BCUT2D eigenvalue weighted by molar-refractivity contribution is 0.102. The van der Waals surface area contributed by atoms with E-state index in [0.29, 0.717) is 23.0 Å². The van der Waals surface area contributed by atoms with E-state index in [1.165, 1.54) is 31.4 Å². The molecule has 0 spiro atoms. The van der Waals surface area contributed by atoms with Crippen LogP contribution in [0.5, 0.6) is 5.75 Å². The molecule has 0 aliphatic carbocycles. The number of carbonyl (C=O) groups excluding carboxylic acids is 1. The maximum atomic E-state index is 12.7. The zero-order valence-electron chi connectivity index (χ0n) is 16.8. The van der Waals surface area contributed by atoms with Gasteiger partial charge in [-0.1, -0.05) is 18.2 Å². The zero-order chi connectivity index (χ0) is 22.6. The van der Waals surface area contributed by atoms with Crippen LogP contribution in [0.15, 0.2) is 77.8 Å². The Hall–Kier alpha value is -4.25. The van der Waals surface area contributed by atoms with Crippen molar-refractivity contribution in [2.45, 2.75) is 4.90 Å². The van der Waals surface area contributed by atoms with Gasteiger partial charge in [0.2, 0.25) is 5.95 Å². The number of sulfonamides is 1. The first-order valence-corrected chi connectivity index (χ1v) is 10.9. The summed E-state index contributed by atoms with van der Waals surface area (Å²) in [5.74, 6) is 0.386. The number of pyridine rings is 1. The highest BCUT2D eigenvalue weighted by Gasteiger charge is 2.18. The van der Waals surface area contributed by atoms with Crippen LogP contribution in [0.4, 0.5) is 11.6 Å². The Morgan fingerprint density at radius 2 is 1.75 bits per heavy atom. The first-order valence-electron chi connectivity index (χ1n) is 9.37. The fraction of sp³-hybridized carbons (Fsp3) is 0.0476. The standard InChI is InChI=1S/C21H18N6O4S/c1-31-18-8-3-2-6-16(18)27-32(29,30)15-11-9-14(10-12-15)20(28)24-21-23-19(25-26-21)17-7-4-5-13-22-17/h2-13,27H,1H3,(H2,23,24,25,26,28). The summed E-state index contributed by atoms with van der Waals surface area (Å²) in [7, 11) is -2.42. The number of aromatic nitrogens is 4. The average molecular weight is 450 g/mol. The summed E-state index contributed by atoms with van der Waals surface area (Å²) >= 11 is 0. The first kappa shape index (κ1) is 21.0. The van der Waals surface area contributed by atoms with Crippen molar-refractivity contribution in [2.75, 3.05) is 17.1 Å². The molecule has 0 aliphatic heterocycles. The molecule has 2 aromatic carbocycles. The summed E-state index contributed by atoms with van der Waals surface area (Å²) in [5, 5.41) is 9.22. The van der Waals surface area contributed by atoms with Crippen LogP contribution in [0.1, 0.15) is 10.4 Å². The molecule has 1 amide bonds. The van der Waals surface area contributed by atoms with Crippen LogP contribution in [0.3, 0.4) is 0 Å². The lowest BCUT2D eigenvalue weighted by atomic mass is 10.2. The van der Waals surface area contributed by atoms with E-state index in [1.807, 2.05) is 0 Å². The highest BCUT2D eigenvalue weighted by atomic mass is 32.2. The van der Waals surface area contributed by atoms with Gasteiger partial charge in [0.15, 0.2) is 5.82 Å². The van der Waals surface area contributed by atoms with Crippen molar-refractivity contribution in [2.24, 2.45) is 0 Å². The van der Waals surface area contributed by atoms with Gasteiger partial charge in [0.25, 0.3) is 15.9 Å². The molecule has 32 heavy (non-hydrogen) atoms. The number of carbonyl (C=O) groups is 1. The Morgan fingerprint density at radius 3 is 2.47 bits per heavy atom. The van der Waals surface area contributed by atoms with E-state index in [2.05, 4.69) is 30.2 Å². The molecule has 0 fully saturated rings. The molecule has 0 radical (unpaired) electrons. The monoisotopic (exact) mass is 450 g/mol. The number of para-hydroxylation sites is 2. The van der Waals surface area contributed by atoms with E-state index in [4.69, 9.17) is 4.74 Å². The molecular weight excluding hydrogens is 432 g/mol. The van der Waals surface area contributed by atoms with Gasteiger partial charge >= 0.3 is 0 Å². The number of ether oxygens (including phenoxy) is 1. The van der Waals surface area contributed by atoms with E-state index in [-0.39, 0.29) is 16.4 Å². The molecule has 11 heteroatoms. The number of methoxy groups -OCH3 is 1. The molecule has 162 valence electrons. The van der Waals surface area contributed by atoms with Crippen LogP contribution in [-0.4, -0.2) is 41.6 Å². The number of nitrogens with one attached hydrogen (secondary N) is 3. The second kappa shape index (κ2) is 8.86. The molecule has 0 aliphatic rings. The van der Waals surface area contributed by atoms with Crippen molar-refractivity contribution >= 4 is 27.6 Å². The number of benzene rings is 2. The molecule has 2 heterocycles. The molecule has 2 aromatic heterocycles. The van der Waals surface area contributed by atoms with E-state index in [1.54, 1.807) is 48.7 Å². The minimum absolute atomic E-state index is 0.00436. The smallest absolute Gasteiger partial charge is 0.262 e. The summed E-state index contributed by atoms with van der Waals surface area (Å²) in [6, 6.07) is 17.5. The summed E-state index contributed by atoms with van der Waals surface area (Å²) in [5.41, 5.74) is 1.13. The normalized spacial score (nSPS) is 11.0. The lowest BCUT2D eigenvalue weighted by Crippen LogP contribution is -2.15. The summed E-state index contributed by atoms with van der Waals surface area (Å²) in [6.07, 6.45) is 1.62. The van der Waals surface area contributed by atoms with Gasteiger partial charge in [0.05, 0.1) is 17.7 Å². The van der Waals surface area contributed by atoms with E-state index in [0.717, 1.165) is 0 Å².